The van der Waals surface area contributed by atoms with Gasteiger partial charge in [0, 0.05) is 12.4 Å². The Kier molecular flexibility index (Phi) is 7.95. The van der Waals surface area contributed by atoms with E-state index in [1.165, 1.54) is 25.4 Å². The molecule has 1 aliphatic carbocycles. The Hall–Kier alpha value is -4.39. The van der Waals surface area contributed by atoms with Crippen molar-refractivity contribution in [3.05, 3.63) is 89.9 Å². The lowest BCUT2D eigenvalue weighted by Crippen LogP contribution is -2.40. The number of nitrogens with zero attached hydrogens (tertiary/aromatic N) is 1. The van der Waals surface area contributed by atoms with E-state index in [4.69, 9.17) is 4.42 Å². The molecule has 1 amide bonds. The molecule has 2 N–H and O–H groups in total. The van der Waals surface area contributed by atoms with Crippen LogP contribution in [0.3, 0.4) is 0 Å². The number of hydrogen-bond donors (Lipinski definition) is 2. The van der Waals surface area contributed by atoms with E-state index in [1.807, 2.05) is 0 Å². The van der Waals surface area contributed by atoms with Crippen LogP contribution in [-0.4, -0.2) is 32.4 Å². The van der Waals surface area contributed by atoms with E-state index in [0.717, 1.165) is 10.4 Å². The van der Waals surface area contributed by atoms with Gasteiger partial charge < -0.3 is 14.8 Å². The van der Waals surface area contributed by atoms with Gasteiger partial charge in [0.1, 0.15) is 11.4 Å². The van der Waals surface area contributed by atoms with Crippen molar-refractivity contribution in [2.45, 2.75) is 36.3 Å². The van der Waals surface area contributed by atoms with Crippen LogP contribution in [0.5, 0.6) is 0 Å². The van der Waals surface area contributed by atoms with Crippen molar-refractivity contribution in [1.29, 1.82) is 0 Å². The summed E-state index contributed by atoms with van der Waals surface area (Å²) in [5, 5.41) is 13.0. The third kappa shape index (κ3) is 5.94. The van der Waals surface area contributed by atoms with Crippen LogP contribution in [0.1, 0.15) is 36.3 Å². The van der Waals surface area contributed by atoms with Gasteiger partial charge >= 0.3 is 12.1 Å². The molecule has 8 nitrogen and oxygen atoms in total. The Bertz CT molecular complexity index is 1790. The number of amides is 1. The highest BCUT2D eigenvalue weighted by atomic mass is 32.2. The highest BCUT2D eigenvalue weighted by Gasteiger charge is 2.43. The quantitative estimate of drug-likeness (QED) is 0.224. The largest absolute Gasteiger partial charge is 0.481 e. The van der Waals surface area contributed by atoms with Gasteiger partial charge in [0.25, 0.3) is 10.0 Å². The number of nitrogens with one attached hydrogen (secondary N) is 1. The zero-order chi connectivity index (χ0) is 31.1. The van der Waals surface area contributed by atoms with Crippen molar-refractivity contribution in [1.82, 2.24) is 0 Å². The fourth-order valence-corrected chi connectivity index (χ4v) is 6.79. The van der Waals surface area contributed by atoms with Crippen LogP contribution >= 0.6 is 0 Å². The van der Waals surface area contributed by atoms with Gasteiger partial charge in [-0.25, -0.2) is 12.8 Å². The fraction of sp³-hybridized carbons (Fsp3) is 0.267. The van der Waals surface area contributed by atoms with Crippen LogP contribution in [0.4, 0.5) is 28.9 Å². The number of hydrogen-bond acceptors (Lipinski definition) is 5. The summed E-state index contributed by atoms with van der Waals surface area (Å²) in [4.78, 5) is 25.6. The van der Waals surface area contributed by atoms with Crippen molar-refractivity contribution >= 4 is 44.2 Å². The Morgan fingerprint density at radius 2 is 1.72 bits per heavy atom. The summed E-state index contributed by atoms with van der Waals surface area (Å²) in [6.07, 6.45) is -2.23. The van der Waals surface area contributed by atoms with Crippen LogP contribution in [0.15, 0.2) is 82.3 Å². The third-order valence-electron chi connectivity index (χ3n) is 7.84. The standard InChI is InChI=1S/C30H26F4N2O6S/c1-36(43(40,41)21-10-12-26-18(15-21)13-14-42-26)20-8-5-17(6-9-20)22-3-2-4-23(27(22)29(38)39)28(37)35-25-11-7-19(16-24(25)31)30(32,33)34/h5-16,22-23,27H,2-4H2,1H3,(H,35,37)(H,38,39)/t22-,23-,27-/m1/s1. The number of rotatable bonds is 7. The summed E-state index contributed by atoms with van der Waals surface area (Å²) < 4.78 is 86.0. The highest BCUT2D eigenvalue weighted by Crippen LogP contribution is 2.43. The van der Waals surface area contributed by atoms with E-state index in [-0.39, 0.29) is 17.4 Å². The minimum absolute atomic E-state index is 0.0598. The molecule has 5 rings (SSSR count). The van der Waals surface area contributed by atoms with Gasteiger partial charge in [0.15, 0.2) is 0 Å². The Morgan fingerprint density at radius 3 is 2.37 bits per heavy atom. The van der Waals surface area contributed by atoms with Crippen LogP contribution < -0.4 is 9.62 Å². The summed E-state index contributed by atoms with van der Waals surface area (Å²) in [6.45, 7) is 0. The maximum atomic E-state index is 14.4. The highest BCUT2D eigenvalue weighted by molar-refractivity contribution is 7.92. The SMILES string of the molecule is CN(c1ccc([C@H]2CCC[C@@H](C(=O)Nc3ccc(C(F)(F)F)cc3F)[C@@H]2C(=O)O)cc1)S(=O)(=O)c1ccc2occc2c1. The number of alkyl halides is 3. The zero-order valence-corrected chi connectivity index (χ0v) is 23.5. The molecular weight excluding hydrogens is 592 g/mol. The monoisotopic (exact) mass is 618 g/mol. The van der Waals surface area contributed by atoms with Gasteiger partial charge in [-0.1, -0.05) is 18.6 Å². The van der Waals surface area contributed by atoms with E-state index in [2.05, 4.69) is 5.32 Å². The number of fused-ring (bicyclic) bond motifs is 1. The molecular formula is C30H26F4N2O6S. The molecule has 13 heteroatoms. The first-order valence-corrected chi connectivity index (χ1v) is 14.7. The van der Waals surface area contributed by atoms with Gasteiger partial charge in [-0.2, -0.15) is 13.2 Å². The molecule has 0 unspecified atom stereocenters. The lowest BCUT2D eigenvalue weighted by Gasteiger charge is -2.35. The average Bonchev–Trinajstić information content (AvgIpc) is 3.45. The maximum Gasteiger partial charge on any atom is 0.416 e. The summed E-state index contributed by atoms with van der Waals surface area (Å²) in [6, 6.07) is 14.2. The number of sulfonamides is 1. The fourth-order valence-electron chi connectivity index (χ4n) is 5.56. The summed E-state index contributed by atoms with van der Waals surface area (Å²) in [5.41, 5.74) is -0.261. The summed E-state index contributed by atoms with van der Waals surface area (Å²) >= 11 is 0. The normalized spacial score (nSPS) is 19.2. The molecule has 0 radical (unpaired) electrons. The number of furan rings is 1. The first kappa shape index (κ1) is 30.1. The Labute approximate surface area is 244 Å². The average molecular weight is 619 g/mol. The Balaban J connectivity index is 1.35. The second-order valence-electron chi connectivity index (χ2n) is 10.4. The van der Waals surface area contributed by atoms with Crippen LogP contribution in [0.2, 0.25) is 0 Å². The topological polar surface area (TPSA) is 117 Å². The van der Waals surface area contributed by atoms with Gasteiger partial charge in [-0.05, 0) is 78.9 Å². The number of benzene rings is 3. The third-order valence-corrected chi connectivity index (χ3v) is 9.62. The minimum atomic E-state index is -4.77. The number of anilines is 2. The Morgan fingerprint density at radius 1 is 1.00 bits per heavy atom. The second-order valence-corrected chi connectivity index (χ2v) is 12.3. The number of aliphatic carboxylic acids is 1. The molecule has 226 valence electrons. The number of carbonyl (C=O) groups is 2. The molecule has 1 aliphatic rings. The van der Waals surface area contributed by atoms with Crippen LogP contribution in [-0.2, 0) is 25.8 Å². The van der Waals surface area contributed by atoms with Crippen molar-refractivity contribution in [3.8, 4) is 0 Å². The lowest BCUT2D eigenvalue weighted by atomic mass is 9.69. The van der Waals surface area contributed by atoms with Gasteiger partial charge in [-0.15, -0.1) is 0 Å². The van der Waals surface area contributed by atoms with Crippen LogP contribution in [0, 0.1) is 17.7 Å². The number of carboxylic acid groups (broad SMARTS) is 1. The molecule has 0 spiro atoms. The van der Waals surface area contributed by atoms with Crippen molar-refractivity contribution in [2.24, 2.45) is 11.8 Å². The molecule has 0 saturated heterocycles. The number of carbonyl (C=O) groups excluding carboxylic acids is 1. The van der Waals surface area contributed by atoms with E-state index in [0.29, 0.717) is 41.1 Å². The van der Waals surface area contributed by atoms with Crippen molar-refractivity contribution in [2.75, 3.05) is 16.7 Å². The van der Waals surface area contributed by atoms with E-state index in [9.17, 15) is 40.7 Å². The predicted octanol–water partition coefficient (Wildman–Crippen LogP) is 6.64. The first-order chi connectivity index (χ1) is 20.3. The van der Waals surface area contributed by atoms with E-state index >= 15 is 0 Å². The van der Waals surface area contributed by atoms with Crippen molar-refractivity contribution < 1.29 is 45.1 Å². The smallest absolute Gasteiger partial charge is 0.416 e. The summed E-state index contributed by atoms with van der Waals surface area (Å²) in [5.74, 6) is -6.27. The minimum Gasteiger partial charge on any atom is -0.481 e. The van der Waals surface area contributed by atoms with E-state index in [1.54, 1.807) is 36.4 Å². The van der Waals surface area contributed by atoms with E-state index < -0.39 is 62.9 Å². The molecule has 4 aromatic rings. The molecule has 1 saturated carbocycles. The van der Waals surface area contributed by atoms with Crippen LogP contribution in [0.25, 0.3) is 11.0 Å². The number of carboxylic acids is 1. The molecule has 0 bridgehead atoms. The summed E-state index contributed by atoms with van der Waals surface area (Å²) in [7, 11) is -2.54. The molecule has 0 aliphatic heterocycles. The molecule has 43 heavy (non-hydrogen) atoms. The molecule has 1 aromatic heterocycles. The molecule has 1 fully saturated rings. The predicted molar refractivity (Wildman–Crippen MR) is 149 cm³/mol. The number of halogens is 4. The lowest BCUT2D eigenvalue weighted by molar-refractivity contribution is -0.148. The van der Waals surface area contributed by atoms with Gasteiger partial charge in [0.05, 0.1) is 39.9 Å². The molecule has 1 heterocycles. The van der Waals surface area contributed by atoms with Gasteiger partial charge in [0.2, 0.25) is 5.91 Å². The second kappa shape index (κ2) is 11.4. The molecule has 3 aromatic carbocycles. The van der Waals surface area contributed by atoms with Crippen molar-refractivity contribution in [3.63, 3.8) is 0 Å². The maximum absolute atomic E-state index is 14.4. The molecule has 3 atom stereocenters. The van der Waals surface area contributed by atoms with Gasteiger partial charge in [-0.3, -0.25) is 13.9 Å². The first-order valence-electron chi connectivity index (χ1n) is 13.2. The zero-order valence-electron chi connectivity index (χ0n) is 22.6.